The molecule has 0 saturated carbocycles. The first-order valence-corrected chi connectivity index (χ1v) is 7.35. The van der Waals surface area contributed by atoms with Crippen LogP contribution in [0.2, 0.25) is 5.02 Å². The minimum absolute atomic E-state index is 0.0778. The average molecular weight is 283 g/mol. The molecule has 3 nitrogen and oxygen atoms in total. The molecule has 1 aromatic rings. The zero-order valence-corrected chi connectivity index (χ0v) is 12.2. The molecular formula is C15H23ClN2O. The molecule has 0 bridgehead atoms. The van der Waals surface area contributed by atoms with Crippen LogP contribution in [0.4, 0.5) is 0 Å². The second kappa shape index (κ2) is 6.71. The van der Waals surface area contributed by atoms with Crippen LogP contribution < -0.4 is 5.73 Å². The summed E-state index contributed by atoms with van der Waals surface area (Å²) in [4.78, 5) is 2.44. The predicted molar refractivity (Wildman–Crippen MR) is 79.2 cm³/mol. The topological polar surface area (TPSA) is 49.5 Å². The quantitative estimate of drug-likeness (QED) is 0.872. The summed E-state index contributed by atoms with van der Waals surface area (Å²) < 4.78 is 0. The van der Waals surface area contributed by atoms with Crippen LogP contribution in [0.1, 0.15) is 31.4 Å². The highest BCUT2D eigenvalue weighted by Gasteiger charge is 2.30. The highest BCUT2D eigenvalue weighted by molar-refractivity contribution is 6.30. The Morgan fingerprint density at radius 2 is 2.11 bits per heavy atom. The number of nitrogens with two attached hydrogens (primary N) is 1. The molecule has 1 saturated heterocycles. The Morgan fingerprint density at radius 1 is 1.42 bits per heavy atom. The van der Waals surface area contributed by atoms with Crippen LogP contribution in [-0.2, 0) is 0 Å². The molecule has 0 amide bonds. The lowest BCUT2D eigenvalue weighted by atomic mass is 9.99. The lowest BCUT2D eigenvalue weighted by Crippen LogP contribution is -2.38. The van der Waals surface area contributed by atoms with Gasteiger partial charge in [0, 0.05) is 30.3 Å². The lowest BCUT2D eigenvalue weighted by molar-refractivity contribution is 0.201. The van der Waals surface area contributed by atoms with E-state index in [0.717, 1.165) is 31.0 Å². The summed E-state index contributed by atoms with van der Waals surface area (Å²) in [7, 11) is 0. The van der Waals surface area contributed by atoms with E-state index < -0.39 is 0 Å². The van der Waals surface area contributed by atoms with Gasteiger partial charge in [-0.2, -0.15) is 0 Å². The fourth-order valence-corrected chi connectivity index (χ4v) is 3.17. The molecule has 1 heterocycles. The van der Waals surface area contributed by atoms with Gasteiger partial charge in [0.2, 0.25) is 0 Å². The van der Waals surface area contributed by atoms with E-state index in [4.69, 9.17) is 22.4 Å². The van der Waals surface area contributed by atoms with Gasteiger partial charge in [-0.15, -0.1) is 0 Å². The van der Waals surface area contributed by atoms with Crippen molar-refractivity contribution in [1.29, 1.82) is 0 Å². The molecule has 0 aromatic heterocycles. The van der Waals surface area contributed by atoms with Gasteiger partial charge < -0.3 is 10.8 Å². The second-order valence-electron chi connectivity index (χ2n) is 5.52. The summed E-state index contributed by atoms with van der Waals surface area (Å²) in [5.74, 6) is 0.596. The van der Waals surface area contributed by atoms with E-state index >= 15 is 0 Å². The smallest absolute Gasteiger partial charge is 0.0496 e. The molecule has 1 aliphatic rings. The van der Waals surface area contributed by atoms with Crippen molar-refractivity contribution >= 4 is 11.6 Å². The molecule has 106 valence electrons. The van der Waals surface area contributed by atoms with E-state index in [2.05, 4.69) is 24.0 Å². The molecule has 3 atom stereocenters. The highest BCUT2D eigenvalue weighted by Crippen LogP contribution is 2.31. The van der Waals surface area contributed by atoms with Crippen LogP contribution in [0.3, 0.4) is 0 Å². The SMILES string of the molecule is CC(N)C(c1ccc(Cl)cc1)N1CCC(CCO)C1. The number of halogens is 1. The maximum absolute atomic E-state index is 9.05. The number of aliphatic hydroxyl groups excluding tert-OH is 1. The molecule has 3 N–H and O–H groups in total. The van der Waals surface area contributed by atoms with E-state index in [1.807, 2.05) is 12.1 Å². The van der Waals surface area contributed by atoms with Gasteiger partial charge in [0.25, 0.3) is 0 Å². The predicted octanol–water partition coefficient (Wildman–Crippen LogP) is 2.43. The van der Waals surface area contributed by atoms with Gasteiger partial charge in [-0.05, 0) is 49.9 Å². The van der Waals surface area contributed by atoms with E-state index in [1.54, 1.807) is 0 Å². The molecule has 19 heavy (non-hydrogen) atoms. The standard InChI is InChI=1S/C15H23ClN2O/c1-11(17)15(13-2-4-14(16)5-3-13)18-8-6-12(10-18)7-9-19/h2-5,11-12,15,19H,6-10,17H2,1H3. The summed E-state index contributed by atoms with van der Waals surface area (Å²) in [5.41, 5.74) is 7.41. The summed E-state index contributed by atoms with van der Waals surface area (Å²) in [6.45, 7) is 4.41. The highest BCUT2D eigenvalue weighted by atomic mass is 35.5. The first-order valence-electron chi connectivity index (χ1n) is 6.97. The van der Waals surface area contributed by atoms with Crippen molar-refractivity contribution in [3.05, 3.63) is 34.9 Å². The average Bonchev–Trinajstić information content (AvgIpc) is 2.80. The molecular weight excluding hydrogens is 260 g/mol. The van der Waals surface area contributed by atoms with E-state index in [0.29, 0.717) is 5.92 Å². The molecule has 4 heteroatoms. The third-order valence-electron chi connectivity index (χ3n) is 3.96. The molecule has 1 aromatic carbocycles. The van der Waals surface area contributed by atoms with Crippen molar-refractivity contribution in [3.8, 4) is 0 Å². The Kier molecular flexibility index (Phi) is 5.22. The number of nitrogens with zero attached hydrogens (tertiary/aromatic N) is 1. The number of hydrogen-bond donors (Lipinski definition) is 2. The minimum atomic E-state index is 0.0778. The summed E-state index contributed by atoms with van der Waals surface area (Å²) in [6.07, 6.45) is 2.04. The molecule has 1 fully saturated rings. The van der Waals surface area contributed by atoms with Gasteiger partial charge in [0.05, 0.1) is 0 Å². The molecule has 0 aliphatic carbocycles. The zero-order valence-electron chi connectivity index (χ0n) is 11.4. The Morgan fingerprint density at radius 3 is 2.68 bits per heavy atom. The monoisotopic (exact) mass is 282 g/mol. The maximum Gasteiger partial charge on any atom is 0.0496 e. The van der Waals surface area contributed by atoms with Crippen LogP contribution in [0.15, 0.2) is 24.3 Å². The van der Waals surface area contributed by atoms with Crippen molar-refractivity contribution in [3.63, 3.8) is 0 Å². The van der Waals surface area contributed by atoms with Gasteiger partial charge in [-0.25, -0.2) is 0 Å². The largest absolute Gasteiger partial charge is 0.396 e. The van der Waals surface area contributed by atoms with Crippen LogP contribution in [0, 0.1) is 5.92 Å². The third-order valence-corrected chi connectivity index (χ3v) is 4.21. The van der Waals surface area contributed by atoms with Crippen molar-refractivity contribution < 1.29 is 5.11 Å². The number of benzene rings is 1. The molecule has 3 unspecified atom stereocenters. The number of aliphatic hydroxyl groups is 1. The summed E-state index contributed by atoms with van der Waals surface area (Å²) in [6, 6.07) is 8.29. The number of hydrogen-bond acceptors (Lipinski definition) is 3. The van der Waals surface area contributed by atoms with Gasteiger partial charge in [0.15, 0.2) is 0 Å². The second-order valence-corrected chi connectivity index (χ2v) is 5.95. The lowest BCUT2D eigenvalue weighted by Gasteiger charge is -2.31. The van der Waals surface area contributed by atoms with Crippen LogP contribution in [0.5, 0.6) is 0 Å². The molecule has 0 spiro atoms. The Labute approximate surface area is 120 Å². The van der Waals surface area contributed by atoms with Crippen LogP contribution in [-0.4, -0.2) is 35.7 Å². The van der Waals surface area contributed by atoms with Gasteiger partial charge >= 0.3 is 0 Å². The normalized spacial score (nSPS) is 23.5. The van der Waals surface area contributed by atoms with Gasteiger partial charge in [-0.3, -0.25) is 4.90 Å². The molecule has 2 rings (SSSR count). The van der Waals surface area contributed by atoms with E-state index in [9.17, 15) is 0 Å². The fraction of sp³-hybridized carbons (Fsp3) is 0.600. The van der Waals surface area contributed by atoms with Gasteiger partial charge in [0.1, 0.15) is 0 Å². The first kappa shape index (κ1) is 14.8. The fourth-order valence-electron chi connectivity index (χ4n) is 3.04. The van der Waals surface area contributed by atoms with Crippen molar-refractivity contribution in [2.45, 2.75) is 31.8 Å². The molecule has 0 radical (unpaired) electrons. The Hall–Kier alpha value is -0.610. The minimum Gasteiger partial charge on any atom is -0.396 e. The van der Waals surface area contributed by atoms with Crippen LogP contribution in [0.25, 0.3) is 0 Å². The number of likely N-dealkylation sites (tertiary alicyclic amines) is 1. The van der Waals surface area contributed by atoms with E-state index in [1.165, 1.54) is 5.56 Å². The maximum atomic E-state index is 9.05. The summed E-state index contributed by atoms with van der Waals surface area (Å²) >= 11 is 5.95. The molecule has 1 aliphatic heterocycles. The Bertz CT molecular complexity index is 394. The van der Waals surface area contributed by atoms with Crippen LogP contribution >= 0.6 is 11.6 Å². The number of rotatable bonds is 5. The first-order chi connectivity index (χ1) is 9.11. The van der Waals surface area contributed by atoms with E-state index in [-0.39, 0.29) is 18.7 Å². The van der Waals surface area contributed by atoms with Crippen molar-refractivity contribution in [1.82, 2.24) is 4.90 Å². The van der Waals surface area contributed by atoms with Crippen molar-refractivity contribution in [2.24, 2.45) is 11.7 Å². The Balaban J connectivity index is 2.11. The van der Waals surface area contributed by atoms with Gasteiger partial charge in [-0.1, -0.05) is 23.7 Å². The third kappa shape index (κ3) is 3.69. The summed E-state index contributed by atoms with van der Waals surface area (Å²) in [5, 5.41) is 9.81. The zero-order chi connectivity index (χ0) is 13.8. The van der Waals surface area contributed by atoms with Crippen molar-refractivity contribution in [2.75, 3.05) is 19.7 Å².